The van der Waals surface area contributed by atoms with Gasteiger partial charge in [0.15, 0.2) is 0 Å². The molecule has 0 aromatic rings. The smallest absolute Gasteiger partial charge is 0.0331 e. The first-order valence-electron chi connectivity index (χ1n) is 3.37. The van der Waals surface area contributed by atoms with Gasteiger partial charge in [0.05, 0.1) is 0 Å². The molecule has 0 atom stereocenters. The highest BCUT2D eigenvalue weighted by Crippen LogP contribution is 1.95. The molecule has 58 valence electrons. The summed E-state index contributed by atoms with van der Waals surface area (Å²) in [7, 11) is 5.85. The lowest BCUT2D eigenvalue weighted by Crippen LogP contribution is -2.09. The summed E-state index contributed by atoms with van der Waals surface area (Å²) in [6.07, 6.45) is 2.06. The summed E-state index contributed by atoms with van der Waals surface area (Å²) >= 11 is 0. The fraction of sp³-hybridized carbons (Fsp3) is 0.625. The molecule has 2 heteroatoms. The molecule has 2 nitrogen and oxygen atoms in total. The summed E-state index contributed by atoms with van der Waals surface area (Å²) in [5, 5.41) is 0. The van der Waals surface area contributed by atoms with Crippen molar-refractivity contribution in [2.75, 3.05) is 21.1 Å². The Bertz CT molecular complexity index is 155. The van der Waals surface area contributed by atoms with E-state index >= 15 is 0 Å². The standard InChI is InChI=1S/C8H16N2/c1-7(9-3)6-8(2)10(4)5/h6H,1-5H3/b8-6-,9-7?. The minimum atomic E-state index is 1.06. The largest absolute Gasteiger partial charge is 0.381 e. The molecule has 0 radical (unpaired) electrons. The molecular formula is C8H16N2. The zero-order valence-corrected chi connectivity index (χ0v) is 7.47. The molecule has 0 bridgehead atoms. The Morgan fingerprint density at radius 3 is 2.10 bits per heavy atom. The highest BCUT2D eigenvalue weighted by atomic mass is 15.1. The fourth-order valence-electron chi connectivity index (χ4n) is 0.496. The average molecular weight is 140 g/mol. The van der Waals surface area contributed by atoms with Gasteiger partial charge in [-0.3, -0.25) is 4.99 Å². The third-order valence-electron chi connectivity index (χ3n) is 1.48. The minimum Gasteiger partial charge on any atom is -0.381 e. The molecule has 0 heterocycles. The Kier molecular flexibility index (Phi) is 3.77. The van der Waals surface area contributed by atoms with Crippen molar-refractivity contribution in [3.05, 3.63) is 11.8 Å². The van der Waals surface area contributed by atoms with Crippen molar-refractivity contribution >= 4 is 5.71 Å². The fourth-order valence-corrected chi connectivity index (χ4v) is 0.496. The molecule has 0 aliphatic rings. The van der Waals surface area contributed by atoms with E-state index < -0.39 is 0 Å². The first-order chi connectivity index (χ1) is 4.57. The Hall–Kier alpha value is -0.790. The Balaban J connectivity index is 4.17. The Morgan fingerprint density at radius 2 is 1.80 bits per heavy atom. The van der Waals surface area contributed by atoms with E-state index in [1.165, 1.54) is 5.70 Å². The zero-order chi connectivity index (χ0) is 8.15. The van der Waals surface area contributed by atoms with Crippen LogP contribution in [-0.2, 0) is 0 Å². The average Bonchev–Trinajstić information content (AvgIpc) is 1.87. The van der Waals surface area contributed by atoms with E-state index in [2.05, 4.69) is 22.9 Å². The van der Waals surface area contributed by atoms with E-state index in [-0.39, 0.29) is 0 Å². The van der Waals surface area contributed by atoms with Gasteiger partial charge in [0, 0.05) is 32.6 Å². The molecule has 0 N–H and O–H groups in total. The number of aliphatic imine (C=N–C) groups is 1. The normalized spacial score (nSPS) is 13.7. The summed E-state index contributed by atoms with van der Waals surface area (Å²) in [4.78, 5) is 6.09. The van der Waals surface area contributed by atoms with Gasteiger partial charge >= 0.3 is 0 Å². The SMILES string of the molecule is CN=C(C)/C=C(/C)N(C)C. The lowest BCUT2D eigenvalue weighted by Gasteiger charge is -2.11. The van der Waals surface area contributed by atoms with Crippen LogP contribution in [0.25, 0.3) is 0 Å². The highest BCUT2D eigenvalue weighted by Gasteiger charge is 1.90. The van der Waals surface area contributed by atoms with Crippen molar-refractivity contribution in [2.24, 2.45) is 4.99 Å². The molecule has 0 saturated carbocycles. The molecule has 0 spiro atoms. The Labute approximate surface area is 63.3 Å². The molecule has 0 aliphatic heterocycles. The van der Waals surface area contributed by atoms with E-state index in [0.29, 0.717) is 0 Å². The molecular weight excluding hydrogens is 124 g/mol. The second kappa shape index (κ2) is 4.09. The molecule has 0 aromatic carbocycles. The number of hydrogen-bond donors (Lipinski definition) is 0. The minimum absolute atomic E-state index is 1.06. The molecule has 0 aromatic heterocycles. The van der Waals surface area contributed by atoms with Crippen molar-refractivity contribution in [3.8, 4) is 0 Å². The lowest BCUT2D eigenvalue weighted by molar-refractivity contribution is 0.514. The predicted molar refractivity (Wildman–Crippen MR) is 46.5 cm³/mol. The lowest BCUT2D eigenvalue weighted by atomic mass is 10.3. The van der Waals surface area contributed by atoms with Gasteiger partial charge < -0.3 is 4.90 Å². The van der Waals surface area contributed by atoms with Crippen LogP contribution in [0.1, 0.15) is 13.8 Å². The van der Waals surface area contributed by atoms with Crippen LogP contribution in [-0.4, -0.2) is 31.8 Å². The topological polar surface area (TPSA) is 15.6 Å². The summed E-state index contributed by atoms with van der Waals surface area (Å²) < 4.78 is 0. The summed E-state index contributed by atoms with van der Waals surface area (Å²) in [6, 6.07) is 0. The van der Waals surface area contributed by atoms with E-state index in [0.717, 1.165) is 5.71 Å². The van der Waals surface area contributed by atoms with Crippen LogP contribution >= 0.6 is 0 Å². The van der Waals surface area contributed by atoms with Crippen molar-refractivity contribution in [1.29, 1.82) is 0 Å². The maximum Gasteiger partial charge on any atom is 0.0331 e. The maximum absolute atomic E-state index is 4.02. The number of allylic oxidation sites excluding steroid dienone is 2. The predicted octanol–water partition coefficient (Wildman–Crippen LogP) is 1.54. The van der Waals surface area contributed by atoms with Crippen molar-refractivity contribution in [2.45, 2.75) is 13.8 Å². The third-order valence-corrected chi connectivity index (χ3v) is 1.48. The molecule has 0 amide bonds. The molecule has 0 unspecified atom stereocenters. The third kappa shape index (κ3) is 3.28. The van der Waals surface area contributed by atoms with Gasteiger partial charge in [-0.2, -0.15) is 0 Å². The van der Waals surface area contributed by atoms with Crippen molar-refractivity contribution in [3.63, 3.8) is 0 Å². The van der Waals surface area contributed by atoms with Crippen LogP contribution in [0.15, 0.2) is 16.8 Å². The van der Waals surface area contributed by atoms with E-state index in [4.69, 9.17) is 0 Å². The first kappa shape index (κ1) is 9.21. The van der Waals surface area contributed by atoms with Crippen LogP contribution in [0.4, 0.5) is 0 Å². The highest BCUT2D eigenvalue weighted by molar-refractivity contribution is 5.93. The maximum atomic E-state index is 4.02. The van der Waals surface area contributed by atoms with E-state index in [1.54, 1.807) is 7.05 Å². The van der Waals surface area contributed by atoms with Crippen LogP contribution in [0, 0.1) is 0 Å². The van der Waals surface area contributed by atoms with Gasteiger partial charge in [0.25, 0.3) is 0 Å². The quantitative estimate of drug-likeness (QED) is 0.531. The first-order valence-corrected chi connectivity index (χ1v) is 3.37. The number of rotatable bonds is 2. The van der Waals surface area contributed by atoms with Gasteiger partial charge in [0.1, 0.15) is 0 Å². The Morgan fingerprint density at radius 1 is 1.30 bits per heavy atom. The van der Waals surface area contributed by atoms with Crippen LogP contribution in [0.5, 0.6) is 0 Å². The van der Waals surface area contributed by atoms with Crippen LogP contribution in [0.2, 0.25) is 0 Å². The second-order valence-corrected chi connectivity index (χ2v) is 2.55. The van der Waals surface area contributed by atoms with E-state index in [9.17, 15) is 0 Å². The van der Waals surface area contributed by atoms with E-state index in [1.807, 2.05) is 21.0 Å². The molecule has 0 saturated heterocycles. The summed E-state index contributed by atoms with van der Waals surface area (Å²) in [5.74, 6) is 0. The zero-order valence-electron chi connectivity index (χ0n) is 7.47. The summed E-state index contributed by atoms with van der Waals surface area (Å²) in [5.41, 5.74) is 2.29. The number of nitrogens with zero attached hydrogens (tertiary/aromatic N) is 2. The summed E-state index contributed by atoms with van der Waals surface area (Å²) in [6.45, 7) is 4.06. The van der Waals surface area contributed by atoms with Gasteiger partial charge in [-0.25, -0.2) is 0 Å². The molecule has 0 fully saturated rings. The van der Waals surface area contributed by atoms with Gasteiger partial charge in [-0.1, -0.05) is 0 Å². The van der Waals surface area contributed by atoms with Gasteiger partial charge in [-0.05, 0) is 19.9 Å². The molecule has 10 heavy (non-hydrogen) atoms. The van der Waals surface area contributed by atoms with Gasteiger partial charge in [0.2, 0.25) is 0 Å². The second-order valence-electron chi connectivity index (χ2n) is 2.55. The van der Waals surface area contributed by atoms with Gasteiger partial charge in [-0.15, -0.1) is 0 Å². The van der Waals surface area contributed by atoms with Crippen molar-refractivity contribution in [1.82, 2.24) is 4.90 Å². The number of hydrogen-bond acceptors (Lipinski definition) is 2. The molecule has 0 aliphatic carbocycles. The molecule has 0 rings (SSSR count). The monoisotopic (exact) mass is 140 g/mol. The van der Waals surface area contributed by atoms with Crippen LogP contribution < -0.4 is 0 Å². The van der Waals surface area contributed by atoms with Crippen molar-refractivity contribution < 1.29 is 0 Å². The van der Waals surface area contributed by atoms with Crippen LogP contribution in [0.3, 0.4) is 0 Å².